The molecule has 8 nitrogen and oxygen atoms in total. The van der Waals surface area contributed by atoms with E-state index >= 15 is 0 Å². The van der Waals surface area contributed by atoms with Crippen LogP contribution in [0.5, 0.6) is 5.88 Å². The number of aliphatic hydroxyl groups is 1. The van der Waals surface area contributed by atoms with Crippen molar-refractivity contribution < 1.29 is 28.9 Å². The van der Waals surface area contributed by atoms with Crippen LogP contribution in [-0.4, -0.2) is 44.6 Å². The minimum absolute atomic E-state index is 0.0628. The van der Waals surface area contributed by atoms with Crippen LogP contribution in [0.3, 0.4) is 0 Å². The van der Waals surface area contributed by atoms with E-state index < -0.39 is 35.3 Å². The molecule has 1 aromatic heterocycles. The van der Waals surface area contributed by atoms with Crippen LogP contribution in [0.1, 0.15) is 54.8 Å². The molecular weight excluding hydrogens is 453 g/mol. The Hall–Kier alpha value is -3.72. The van der Waals surface area contributed by atoms with Gasteiger partial charge in [-0.3, -0.25) is 9.59 Å². The van der Waals surface area contributed by atoms with Crippen LogP contribution in [-0.2, 0) is 4.79 Å². The van der Waals surface area contributed by atoms with Gasteiger partial charge in [0.25, 0.3) is 5.91 Å². The fraction of sp³-hybridized carbons (Fsp3) is 0.346. The van der Waals surface area contributed by atoms with Crippen molar-refractivity contribution in [2.75, 3.05) is 6.61 Å². The van der Waals surface area contributed by atoms with E-state index in [-0.39, 0.29) is 30.3 Å². The lowest BCUT2D eigenvalue weighted by Crippen LogP contribution is -2.32. The molecule has 3 N–H and O–H groups in total. The number of nitrogens with one attached hydrogen (secondary N) is 1. The molecule has 0 radical (unpaired) electrons. The van der Waals surface area contributed by atoms with E-state index in [0.717, 1.165) is 10.2 Å². The molecular formula is C26H30FN3O5. The summed E-state index contributed by atoms with van der Waals surface area (Å²) < 4.78 is 21.4. The zero-order valence-electron chi connectivity index (χ0n) is 20.2. The Balaban J connectivity index is 1.94. The topological polar surface area (TPSA) is 114 Å². The number of carboxylic acids is 1. The summed E-state index contributed by atoms with van der Waals surface area (Å²) >= 11 is 0. The third-order valence-electron chi connectivity index (χ3n) is 5.63. The Kier molecular flexibility index (Phi) is 7.91. The minimum atomic E-state index is -1.07. The molecule has 35 heavy (non-hydrogen) atoms. The molecule has 186 valence electrons. The van der Waals surface area contributed by atoms with Crippen LogP contribution >= 0.6 is 0 Å². The quantitative estimate of drug-likeness (QED) is 0.423. The Bertz CT molecular complexity index is 1200. The highest BCUT2D eigenvalue weighted by Gasteiger charge is 2.26. The molecule has 9 heteroatoms. The number of amides is 1. The molecule has 0 aliphatic rings. The number of nitrogens with zero attached hydrogens (tertiary/aromatic N) is 2. The first-order valence-corrected chi connectivity index (χ1v) is 11.2. The Labute approximate surface area is 203 Å². The average Bonchev–Trinajstić information content (AvgIpc) is 3.21. The van der Waals surface area contributed by atoms with Gasteiger partial charge in [0.1, 0.15) is 18.1 Å². The fourth-order valence-corrected chi connectivity index (χ4v) is 3.41. The number of aliphatic carboxylic acids is 1. The maximum atomic E-state index is 14.5. The number of aliphatic hydroxyl groups excluding tert-OH is 1. The van der Waals surface area contributed by atoms with Gasteiger partial charge >= 0.3 is 5.97 Å². The van der Waals surface area contributed by atoms with Crippen molar-refractivity contribution in [1.29, 1.82) is 0 Å². The molecule has 1 heterocycles. The van der Waals surface area contributed by atoms with Crippen LogP contribution in [0.25, 0.3) is 5.69 Å². The van der Waals surface area contributed by atoms with Crippen LogP contribution in [0.2, 0.25) is 0 Å². The second-order valence-electron chi connectivity index (χ2n) is 9.40. The van der Waals surface area contributed by atoms with Gasteiger partial charge in [0.15, 0.2) is 5.69 Å². The van der Waals surface area contributed by atoms with E-state index in [9.17, 15) is 24.2 Å². The predicted octanol–water partition coefficient (Wildman–Crippen LogP) is 4.05. The zero-order chi connectivity index (χ0) is 25.8. The fourth-order valence-electron chi connectivity index (χ4n) is 3.41. The second kappa shape index (κ2) is 10.7. The summed E-state index contributed by atoms with van der Waals surface area (Å²) in [4.78, 5) is 24.6. The smallest absolute Gasteiger partial charge is 0.305 e. The van der Waals surface area contributed by atoms with Crippen molar-refractivity contribution in [3.63, 3.8) is 0 Å². The first kappa shape index (κ1) is 25.9. The minimum Gasteiger partial charge on any atom is -0.481 e. The number of benzene rings is 2. The van der Waals surface area contributed by atoms with Crippen molar-refractivity contribution in [3.05, 3.63) is 77.2 Å². The zero-order valence-corrected chi connectivity index (χ0v) is 20.2. The van der Waals surface area contributed by atoms with Crippen molar-refractivity contribution in [2.45, 2.75) is 46.3 Å². The van der Waals surface area contributed by atoms with E-state index in [1.165, 1.54) is 24.3 Å². The molecule has 0 aliphatic heterocycles. The molecule has 0 aliphatic carbocycles. The second-order valence-corrected chi connectivity index (χ2v) is 9.40. The monoisotopic (exact) mass is 483 g/mol. The number of carbonyl (C=O) groups excluding carboxylic acids is 1. The van der Waals surface area contributed by atoms with Gasteiger partial charge in [-0.05, 0) is 35.6 Å². The standard InChI is InChI=1S/C26H30FN3O5/c1-16-9-5-6-10-17(16)19(14-24(32)33)28-25(34)20-13-23(35-15-22(31)26(2,3)4)30(29-20)21-12-8-7-11-18(21)27/h5-13,19,22,31H,14-15H2,1-4H3,(H,28,34)(H,32,33)/t19-,22-/m0/s1. The summed E-state index contributed by atoms with van der Waals surface area (Å²) in [6.45, 7) is 7.28. The lowest BCUT2D eigenvalue weighted by atomic mass is 9.90. The van der Waals surface area contributed by atoms with Gasteiger partial charge in [-0.1, -0.05) is 57.2 Å². The number of ether oxygens (including phenoxy) is 1. The van der Waals surface area contributed by atoms with Crippen molar-refractivity contribution >= 4 is 11.9 Å². The van der Waals surface area contributed by atoms with Crippen LogP contribution in [0, 0.1) is 18.2 Å². The number of hydrogen-bond acceptors (Lipinski definition) is 5. The molecule has 0 unspecified atom stereocenters. The molecule has 3 aromatic rings. The molecule has 0 saturated heterocycles. The summed E-state index contributed by atoms with van der Waals surface area (Å²) in [6, 6.07) is 13.6. The summed E-state index contributed by atoms with van der Waals surface area (Å²) in [5.74, 6) is -2.23. The maximum Gasteiger partial charge on any atom is 0.305 e. The van der Waals surface area contributed by atoms with Gasteiger partial charge in [0.2, 0.25) is 5.88 Å². The molecule has 0 fully saturated rings. The first-order valence-electron chi connectivity index (χ1n) is 11.2. The van der Waals surface area contributed by atoms with Crippen molar-refractivity contribution in [2.24, 2.45) is 5.41 Å². The molecule has 3 rings (SSSR count). The predicted molar refractivity (Wildman–Crippen MR) is 128 cm³/mol. The van der Waals surface area contributed by atoms with Gasteiger partial charge in [-0.25, -0.2) is 4.39 Å². The van der Waals surface area contributed by atoms with E-state index in [2.05, 4.69) is 10.4 Å². The number of aryl methyl sites for hydroxylation is 1. The molecule has 1 amide bonds. The summed E-state index contributed by atoms with van der Waals surface area (Å²) in [7, 11) is 0. The lowest BCUT2D eigenvalue weighted by Gasteiger charge is -2.25. The molecule has 0 spiro atoms. The first-order chi connectivity index (χ1) is 16.5. The highest BCUT2D eigenvalue weighted by molar-refractivity contribution is 5.93. The maximum absolute atomic E-state index is 14.5. The van der Waals surface area contributed by atoms with Crippen molar-refractivity contribution in [1.82, 2.24) is 15.1 Å². The molecule has 2 atom stereocenters. The number of carbonyl (C=O) groups is 2. The SMILES string of the molecule is Cc1ccccc1[C@H](CC(=O)O)NC(=O)c1cc(OC[C@H](O)C(C)(C)C)n(-c2ccccc2F)n1. The Morgan fingerprint density at radius 2 is 1.80 bits per heavy atom. The van der Waals surface area contributed by atoms with E-state index in [1.807, 2.05) is 39.8 Å². The highest BCUT2D eigenvalue weighted by atomic mass is 19.1. The highest BCUT2D eigenvalue weighted by Crippen LogP contribution is 2.26. The summed E-state index contributed by atoms with van der Waals surface area (Å²) in [5, 5.41) is 26.7. The van der Waals surface area contributed by atoms with Crippen LogP contribution in [0.4, 0.5) is 4.39 Å². The Morgan fingerprint density at radius 3 is 2.43 bits per heavy atom. The average molecular weight is 484 g/mol. The Morgan fingerprint density at radius 1 is 1.14 bits per heavy atom. The summed E-state index contributed by atoms with van der Waals surface area (Å²) in [6.07, 6.45) is -1.16. The van der Waals surface area contributed by atoms with Crippen LogP contribution < -0.4 is 10.1 Å². The van der Waals surface area contributed by atoms with E-state index in [0.29, 0.717) is 5.56 Å². The van der Waals surface area contributed by atoms with E-state index in [1.54, 1.807) is 18.2 Å². The van der Waals surface area contributed by atoms with Gasteiger partial charge in [0, 0.05) is 6.07 Å². The molecule has 0 bridgehead atoms. The van der Waals surface area contributed by atoms with Crippen LogP contribution in [0.15, 0.2) is 54.6 Å². The lowest BCUT2D eigenvalue weighted by molar-refractivity contribution is -0.137. The number of rotatable bonds is 9. The van der Waals surface area contributed by atoms with Gasteiger partial charge in [-0.2, -0.15) is 9.78 Å². The third-order valence-corrected chi connectivity index (χ3v) is 5.63. The van der Waals surface area contributed by atoms with Gasteiger partial charge < -0.3 is 20.3 Å². The van der Waals surface area contributed by atoms with Gasteiger partial charge in [-0.15, -0.1) is 0 Å². The third kappa shape index (κ3) is 6.45. The van der Waals surface area contributed by atoms with Gasteiger partial charge in [0.05, 0.1) is 18.6 Å². The number of halogens is 1. The van der Waals surface area contributed by atoms with E-state index in [4.69, 9.17) is 4.74 Å². The number of carboxylic acid groups (broad SMARTS) is 1. The normalized spacial score (nSPS) is 13.2. The number of aromatic nitrogens is 2. The molecule has 2 aromatic carbocycles. The van der Waals surface area contributed by atoms with Crippen molar-refractivity contribution in [3.8, 4) is 11.6 Å². The number of hydrogen-bond donors (Lipinski definition) is 3. The summed E-state index contributed by atoms with van der Waals surface area (Å²) in [5.41, 5.74) is 1.02. The number of para-hydroxylation sites is 1. The molecule has 0 saturated carbocycles. The largest absolute Gasteiger partial charge is 0.481 e.